The van der Waals surface area contributed by atoms with Gasteiger partial charge >= 0.3 is 5.97 Å². The number of nitrogens with one attached hydrogen (secondary N) is 1. The van der Waals surface area contributed by atoms with E-state index in [1.165, 1.54) is 16.7 Å². The molecule has 0 aliphatic rings. The zero-order chi connectivity index (χ0) is 16.3. The molecule has 0 aliphatic heterocycles. The number of thiazole rings is 1. The SMILES string of the molecule is CCc1cccc(C)c1NC(=O)C(C)c1nc(C(=O)O)cs1. The first-order valence-corrected chi connectivity index (χ1v) is 7.90. The van der Waals surface area contributed by atoms with Gasteiger partial charge < -0.3 is 10.4 Å². The smallest absolute Gasteiger partial charge is 0.355 e. The molecule has 116 valence electrons. The lowest BCUT2D eigenvalue weighted by molar-refractivity contribution is -0.117. The van der Waals surface area contributed by atoms with Crippen LogP contribution in [0.2, 0.25) is 0 Å². The minimum atomic E-state index is -1.08. The summed E-state index contributed by atoms with van der Waals surface area (Å²) in [4.78, 5) is 27.3. The number of benzene rings is 1. The number of aromatic carboxylic acids is 1. The lowest BCUT2D eigenvalue weighted by atomic mass is 10.0. The van der Waals surface area contributed by atoms with Crippen LogP contribution in [0.3, 0.4) is 0 Å². The normalized spacial score (nSPS) is 12.0. The highest BCUT2D eigenvalue weighted by atomic mass is 32.1. The predicted octanol–water partition coefficient (Wildman–Crippen LogP) is 3.45. The highest BCUT2D eigenvalue weighted by Crippen LogP contribution is 2.25. The Kier molecular flexibility index (Phi) is 4.92. The summed E-state index contributed by atoms with van der Waals surface area (Å²) in [5.41, 5.74) is 2.89. The lowest BCUT2D eigenvalue weighted by Gasteiger charge is -2.15. The maximum atomic E-state index is 12.4. The van der Waals surface area contributed by atoms with Crippen molar-refractivity contribution in [2.24, 2.45) is 0 Å². The van der Waals surface area contributed by atoms with E-state index in [9.17, 15) is 9.59 Å². The van der Waals surface area contributed by atoms with Gasteiger partial charge in [-0.1, -0.05) is 25.1 Å². The summed E-state index contributed by atoms with van der Waals surface area (Å²) in [7, 11) is 0. The molecule has 0 fully saturated rings. The summed E-state index contributed by atoms with van der Waals surface area (Å²) >= 11 is 1.19. The largest absolute Gasteiger partial charge is 0.476 e. The van der Waals surface area contributed by atoms with Crippen molar-refractivity contribution < 1.29 is 14.7 Å². The number of hydrogen-bond donors (Lipinski definition) is 2. The third kappa shape index (κ3) is 3.33. The number of aryl methyl sites for hydroxylation is 2. The molecule has 1 atom stereocenters. The molecule has 0 spiro atoms. The van der Waals surface area contributed by atoms with Crippen molar-refractivity contribution in [3.63, 3.8) is 0 Å². The minimum Gasteiger partial charge on any atom is -0.476 e. The van der Waals surface area contributed by atoms with E-state index in [1.54, 1.807) is 6.92 Å². The van der Waals surface area contributed by atoms with Crippen LogP contribution in [0.15, 0.2) is 23.6 Å². The third-order valence-electron chi connectivity index (χ3n) is 3.49. The van der Waals surface area contributed by atoms with Crippen LogP contribution in [-0.4, -0.2) is 22.0 Å². The number of carbonyl (C=O) groups is 2. The highest BCUT2D eigenvalue weighted by Gasteiger charge is 2.21. The Morgan fingerprint density at radius 2 is 2.14 bits per heavy atom. The zero-order valence-electron chi connectivity index (χ0n) is 12.7. The second-order valence-electron chi connectivity index (χ2n) is 5.05. The fourth-order valence-corrected chi connectivity index (χ4v) is 2.98. The van der Waals surface area contributed by atoms with Crippen LogP contribution in [0.1, 0.15) is 46.4 Å². The van der Waals surface area contributed by atoms with Crippen LogP contribution in [0.25, 0.3) is 0 Å². The highest BCUT2D eigenvalue weighted by molar-refractivity contribution is 7.10. The van der Waals surface area contributed by atoms with Gasteiger partial charge in [0.05, 0.1) is 5.92 Å². The molecule has 0 aliphatic carbocycles. The molecular formula is C16H18N2O3S. The number of carboxylic acids is 1. The van der Waals surface area contributed by atoms with Crippen LogP contribution in [0.4, 0.5) is 5.69 Å². The number of rotatable bonds is 5. The summed E-state index contributed by atoms with van der Waals surface area (Å²) < 4.78 is 0. The molecule has 2 N–H and O–H groups in total. The van der Waals surface area contributed by atoms with E-state index in [4.69, 9.17) is 5.11 Å². The van der Waals surface area contributed by atoms with Crippen molar-refractivity contribution in [1.29, 1.82) is 0 Å². The number of carbonyl (C=O) groups excluding carboxylic acids is 1. The Morgan fingerprint density at radius 1 is 1.41 bits per heavy atom. The maximum Gasteiger partial charge on any atom is 0.355 e. The number of para-hydroxylation sites is 1. The number of aromatic nitrogens is 1. The summed E-state index contributed by atoms with van der Waals surface area (Å²) in [6.07, 6.45) is 0.825. The molecule has 0 saturated carbocycles. The molecule has 22 heavy (non-hydrogen) atoms. The Morgan fingerprint density at radius 3 is 2.73 bits per heavy atom. The minimum absolute atomic E-state index is 0.0233. The van der Waals surface area contributed by atoms with E-state index in [0.29, 0.717) is 5.01 Å². The van der Waals surface area contributed by atoms with E-state index in [1.807, 2.05) is 32.0 Å². The molecular weight excluding hydrogens is 300 g/mol. The van der Waals surface area contributed by atoms with Crippen molar-refractivity contribution in [3.8, 4) is 0 Å². The molecule has 1 aromatic heterocycles. The van der Waals surface area contributed by atoms with Gasteiger partial charge in [0, 0.05) is 11.1 Å². The molecule has 1 aromatic carbocycles. The summed E-state index contributed by atoms with van der Waals surface area (Å²) in [5.74, 6) is -1.76. The first-order chi connectivity index (χ1) is 10.4. The van der Waals surface area contributed by atoms with Crippen molar-refractivity contribution in [1.82, 2.24) is 4.98 Å². The summed E-state index contributed by atoms with van der Waals surface area (Å²) in [6.45, 7) is 5.71. The van der Waals surface area contributed by atoms with Crippen molar-refractivity contribution in [2.45, 2.75) is 33.1 Å². The van der Waals surface area contributed by atoms with Gasteiger partial charge in [0.1, 0.15) is 5.01 Å². The molecule has 1 heterocycles. The maximum absolute atomic E-state index is 12.4. The van der Waals surface area contributed by atoms with Crippen LogP contribution >= 0.6 is 11.3 Å². The van der Waals surface area contributed by atoms with Crippen LogP contribution in [0.5, 0.6) is 0 Å². The predicted molar refractivity (Wildman–Crippen MR) is 86.7 cm³/mol. The van der Waals surface area contributed by atoms with Crippen molar-refractivity contribution >= 4 is 28.9 Å². The quantitative estimate of drug-likeness (QED) is 0.885. The number of hydrogen-bond acceptors (Lipinski definition) is 4. The van der Waals surface area contributed by atoms with E-state index in [-0.39, 0.29) is 11.6 Å². The monoisotopic (exact) mass is 318 g/mol. The Labute approximate surface area is 133 Å². The molecule has 0 radical (unpaired) electrons. The Balaban J connectivity index is 2.19. The van der Waals surface area contributed by atoms with Gasteiger partial charge in [-0.15, -0.1) is 11.3 Å². The molecule has 0 bridgehead atoms. The second kappa shape index (κ2) is 6.70. The number of nitrogens with zero attached hydrogens (tertiary/aromatic N) is 1. The van der Waals surface area contributed by atoms with E-state index in [0.717, 1.165) is 23.2 Å². The van der Waals surface area contributed by atoms with Gasteiger partial charge in [-0.3, -0.25) is 4.79 Å². The van der Waals surface area contributed by atoms with Gasteiger partial charge in [0.15, 0.2) is 5.69 Å². The van der Waals surface area contributed by atoms with E-state index < -0.39 is 11.9 Å². The number of carboxylic acid groups (broad SMARTS) is 1. The van der Waals surface area contributed by atoms with Gasteiger partial charge in [-0.2, -0.15) is 0 Å². The van der Waals surface area contributed by atoms with Gasteiger partial charge in [0.2, 0.25) is 5.91 Å². The molecule has 1 unspecified atom stereocenters. The summed E-state index contributed by atoms with van der Waals surface area (Å²) in [6, 6.07) is 5.90. The molecule has 0 saturated heterocycles. The average molecular weight is 318 g/mol. The van der Waals surface area contributed by atoms with E-state index >= 15 is 0 Å². The molecule has 1 amide bonds. The first kappa shape index (κ1) is 16.2. The fourth-order valence-electron chi connectivity index (χ4n) is 2.13. The standard InChI is InChI=1S/C16H18N2O3S/c1-4-11-7-5-6-9(2)13(11)18-14(19)10(3)15-17-12(8-22-15)16(20)21/h5-8,10H,4H2,1-3H3,(H,18,19)(H,20,21). The molecule has 6 heteroatoms. The van der Waals surface area contributed by atoms with Crippen LogP contribution in [-0.2, 0) is 11.2 Å². The molecule has 5 nitrogen and oxygen atoms in total. The van der Waals surface area contributed by atoms with Crippen molar-refractivity contribution in [2.75, 3.05) is 5.32 Å². The molecule has 2 rings (SSSR count). The van der Waals surface area contributed by atoms with Gasteiger partial charge in [-0.05, 0) is 31.4 Å². The average Bonchev–Trinajstić information content (AvgIpc) is 2.98. The lowest BCUT2D eigenvalue weighted by Crippen LogP contribution is -2.20. The van der Waals surface area contributed by atoms with Crippen LogP contribution < -0.4 is 5.32 Å². The summed E-state index contributed by atoms with van der Waals surface area (Å²) in [5, 5.41) is 13.8. The Bertz CT molecular complexity index is 709. The van der Waals surface area contributed by atoms with Gasteiger partial charge in [-0.25, -0.2) is 9.78 Å². The second-order valence-corrected chi connectivity index (χ2v) is 5.94. The zero-order valence-corrected chi connectivity index (χ0v) is 13.5. The van der Waals surface area contributed by atoms with Crippen molar-refractivity contribution in [3.05, 3.63) is 45.4 Å². The fraction of sp³-hybridized carbons (Fsp3) is 0.312. The topological polar surface area (TPSA) is 79.3 Å². The first-order valence-electron chi connectivity index (χ1n) is 7.02. The molecule has 2 aromatic rings. The van der Waals surface area contributed by atoms with Gasteiger partial charge in [0.25, 0.3) is 0 Å². The Hall–Kier alpha value is -2.21. The third-order valence-corrected chi connectivity index (χ3v) is 4.52. The number of amides is 1. The van der Waals surface area contributed by atoms with Crippen LogP contribution in [0, 0.1) is 6.92 Å². The number of anilines is 1. The van der Waals surface area contributed by atoms with E-state index in [2.05, 4.69) is 10.3 Å².